The summed E-state index contributed by atoms with van der Waals surface area (Å²) < 4.78 is 0. The van der Waals surface area contributed by atoms with Gasteiger partial charge >= 0.3 is 0 Å². The summed E-state index contributed by atoms with van der Waals surface area (Å²) in [5.74, 6) is -0.476. The Morgan fingerprint density at radius 3 is 2.50 bits per heavy atom. The molecule has 0 saturated carbocycles. The van der Waals surface area contributed by atoms with Crippen LogP contribution in [0.1, 0.15) is 54.4 Å². The highest BCUT2D eigenvalue weighted by Gasteiger charge is 2.41. The second-order valence-corrected chi connectivity index (χ2v) is 11.9. The lowest BCUT2D eigenvalue weighted by Crippen LogP contribution is -2.49. The fraction of sp³-hybridized carbons (Fsp3) is 0.640. The lowest BCUT2D eigenvalue weighted by molar-refractivity contribution is -0.131. The molecule has 2 rings (SSSR count). The number of amides is 3. The van der Waals surface area contributed by atoms with E-state index in [-0.39, 0.29) is 35.5 Å². The number of aliphatic hydroxyl groups excluding tert-OH is 1. The zero-order valence-electron chi connectivity index (χ0n) is 21.9. The second-order valence-electron chi connectivity index (χ2n) is 10.5. The van der Waals surface area contributed by atoms with Crippen LogP contribution in [-0.4, -0.2) is 68.6 Å². The minimum absolute atomic E-state index is 0.0127. The summed E-state index contributed by atoms with van der Waals surface area (Å²) >= 11 is 1.46. The van der Waals surface area contributed by atoms with E-state index in [1.807, 2.05) is 33.8 Å². The number of nitriles is 1. The van der Waals surface area contributed by atoms with Crippen LogP contribution in [0.25, 0.3) is 0 Å². The SMILES string of the molecule is CCN1C(=O)C(CCNc2cccc(NC(=O)C(C)(C)C)n2)SC1CC(C#N)C(=O)NC(C)(C)CO. The Hall–Kier alpha value is -2.84. The summed E-state index contributed by atoms with van der Waals surface area (Å²) in [6.45, 7) is 11.4. The highest BCUT2D eigenvalue weighted by molar-refractivity contribution is 8.01. The molecular formula is C25H38N6O4S. The summed E-state index contributed by atoms with van der Waals surface area (Å²) in [6.07, 6.45) is 0.757. The number of hydrogen-bond acceptors (Lipinski definition) is 8. The van der Waals surface area contributed by atoms with Crippen molar-refractivity contribution in [1.82, 2.24) is 15.2 Å². The van der Waals surface area contributed by atoms with Crippen molar-refractivity contribution in [2.75, 3.05) is 30.3 Å². The number of thioether (sulfide) groups is 1. The van der Waals surface area contributed by atoms with E-state index in [1.54, 1.807) is 36.9 Å². The maximum Gasteiger partial charge on any atom is 0.237 e. The van der Waals surface area contributed by atoms with Gasteiger partial charge < -0.3 is 26.0 Å². The first-order valence-electron chi connectivity index (χ1n) is 12.1. The van der Waals surface area contributed by atoms with Crippen LogP contribution in [0, 0.1) is 22.7 Å². The molecule has 1 fully saturated rings. The summed E-state index contributed by atoms with van der Waals surface area (Å²) in [5.41, 5.74) is -1.36. The first-order chi connectivity index (χ1) is 16.8. The minimum atomic E-state index is -0.928. The molecule has 0 aromatic carbocycles. The number of rotatable bonds is 11. The highest BCUT2D eigenvalue weighted by atomic mass is 32.2. The van der Waals surface area contributed by atoms with Crippen molar-refractivity contribution in [3.8, 4) is 6.07 Å². The van der Waals surface area contributed by atoms with Crippen molar-refractivity contribution in [3.05, 3.63) is 18.2 Å². The van der Waals surface area contributed by atoms with Gasteiger partial charge in [0.15, 0.2) is 0 Å². The van der Waals surface area contributed by atoms with Gasteiger partial charge in [-0.2, -0.15) is 5.26 Å². The predicted molar refractivity (Wildman–Crippen MR) is 141 cm³/mol. The molecule has 198 valence electrons. The number of nitrogens with zero attached hydrogens (tertiary/aromatic N) is 3. The van der Waals surface area contributed by atoms with Gasteiger partial charge in [-0.1, -0.05) is 26.8 Å². The molecule has 4 N–H and O–H groups in total. The summed E-state index contributed by atoms with van der Waals surface area (Å²) in [6, 6.07) is 7.36. The number of aromatic nitrogens is 1. The molecule has 36 heavy (non-hydrogen) atoms. The Morgan fingerprint density at radius 2 is 1.92 bits per heavy atom. The third kappa shape index (κ3) is 8.10. The zero-order valence-corrected chi connectivity index (χ0v) is 22.7. The van der Waals surface area contributed by atoms with Crippen molar-refractivity contribution in [2.24, 2.45) is 11.3 Å². The normalized spacial score (nSPS) is 18.9. The quantitative estimate of drug-likeness (QED) is 0.349. The molecule has 10 nitrogen and oxygen atoms in total. The molecule has 0 bridgehead atoms. The van der Waals surface area contributed by atoms with Crippen LogP contribution >= 0.6 is 11.8 Å². The Labute approximate surface area is 217 Å². The maximum atomic E-state index is 13.0. The fourth-order valence-electron chi connectivity index (χ4n) is 3.50. The first kappa shape index (κ1) is 29.4. The largest absolute Gasteiger partial charge is 0.394 e. The van der Waals surface area contributed by atoms with Crippen molar-refractivity contribution >= 4 is 41.1 Å². The maximum absolute atomic E-state index is 13.0. The van der Waals surface area contributed by atoms with E-state index >= 15 is 0 Å². The molecule has 0 aliphatic carbocycles. The van der Waals surface area contributed by atoms with E-state index in [4.69, 9.17) is 0 Å². The molecular weight excluding hydrogens is 480 g/mol. The number of pyridine rings is 1. The van der Waals surface area contributed by atoms with Gasteiger partial charge in [0.2, 0.25) is 17.7 Å². The van der Waals surface area contributed by atoms with Gasteiger partial charge in [0.25, 0.3) is 0 Å². The average molecular weight is 519 g/mol. The Kier molecular flexibility index (Phi) is 10.1. The van der Waals surface area contributed by atoms with Gasteiger partial charge in [0, 0.05) is 24.9 Å². The third-order valence-corrected chi connectivity index (χ3v) is 7.25. The molecule has 0 radical (unpaired) electrons. The molecule has 2 heterocycles. The smallest absolute Gasteiger partial charge is 0.237 e. The topological polar surface area (TPSA) is 147 Å². The third-order valence-electron chi connectivity index (χ3n) is 5.72. The van der Waals surface area contributed by atoms with Crippen molar-refractivity contribution < 1.29 is 19.5 Å². The minimum Gasteiger partial charge on any atom is -0.394 e. The lowest BCUT2D eigenvalue weighted by Gasteiger charge is -2.27. The molecule has 11 heteroatoms. The van der Waals surface area contributed by atoms with Gasteiger partial charge in [0.05, 0.1) is 28.8 Å². The van der Waals surface area contributed by atoms with E-state index < -0.39 is 22.8 Å². The van der Waals surface area contributed by atoms with Gasteiger partial charge in [-0.05, 0) is 39.3 Å². The number of hydrogen-bond donors (Lipinski definition) is 4. The van der Waals surface area contributed by atoms with Crippen molar-refractivity contribution in [3.63, 3.8) is 0 Å². The van der Waals surface area contributed by atoms with Gasteiger partial charge in [-0.3, -0.25) is 14.4 Å². The lowest BCUT2D eigenvalue weighted by atomic mass is 9.96. The number of carbonyl (C=O) groups is 3. The predicted octanol–water partition coefficient (Wildman–Crippen LogP) is 2.58. The van der Waals surface area contributed by atoms with Crippen LogP contribution in [-0.2, 0) is 14.4 Å². The molecule has 0 spiro atoms. The Bertz CT molecular complexity index is 987. The number of anilines is 2. The number of aliphatic hydroxyl groups is 1. The second kappa shape index (κ2) is 12.4. The molecule has 1 aromatic rings. The molecule has 1 aliphatic heterocycles. The molecule has 3 atom stereocenters. The van der Waals surface area contributed by atoms with Crippen molar-refractivity contribution in [1.29, 1.82) is 5.26 Å². The first-order valence-corrected chi connectivity index (χ1v) is 13.1. The molecule has 1 aromatic heterocycles. The summed E-state index contributed by atoms with van der Waals surface area (Å²) in [5, 5.41) is 27.1. The Balaban J connectivity index is 1.95. The monoisotopic (exact) mass is 518 g/mol. The highest BCUT2D eigenvalue weighted by Crippen LogP contribution is 2.37. The van der Waals surface area contributed by atoms with Gasteiger partial charge in [0.1, 0.15) is 17.6 Å². The fourth-order valence-corrected chi connectivity index (χ4v) is 5.09. The van der Waals surface area contributed by atoms with E-state index in [0.717, 1.165) is 0 Å². The van der Waals surface area contributed by atoms with Crippen LogP contribution < -0.4 is 16.0 Å². The average Bonchev–Trinajstić information content (AvgIpc) is 3.10. The molecule has 1 aliphatic rings. The van der Waals surface area contributed by atoms with E-state index in [9.17, 15) is 24.8 Å². The van der Waals surface area contributed by atoms with Crippen molar-refractivity contribution in [2.45, 2.75) is 70.5 Å². The molecule has 3 unspecified atom stereocenters. The molecule has 1 saturated heterocycles. The van der Waals surface area contributed by atoms with E-state index in [1.165, 1.54) is 11.8 Å². The van der Waals surface area contributed by atoms with Crippen LogP contribution in [0.2, 0.25) is 0 Å². The zero-order chi connectivity index (χ0) is 27.1. The summed E-state index contributed by atoms with van der Waals surface area (Å²) in [7, 11) is 0. The van der Waals surface area contributed by atoms with Crippen LogP contribution in [0.15, 0.2) is 18.2 Å². The molecule has 3 amide bonds. The summed E-state index contributed by atoms with van der Waals surface area (Å²) in [4.78, 5) is 43.9. The number of nitrogens with one attached hydrogen (secondary N) is 3. The van der Waals surface area contributed by atoms with E-state index in [0.29, 0.717) is 31.1 Å². The van der Waals surface area contributed by atoms with Gasteiger partial charge in [-0.15, -0.1) is 11.8 Å². The van der Waals surface area contributed by atoms with Crippen LogP contribution in [0.4, 0.5) is 11.6 Å². The Morgan fingerprint density at radius 1 is 1.25 bits per heavy atom. The number of carbonyl (C=O) groups excluding carboxylic acids is 3. The van der Waals surface area contributed by atoms with E-state index in [2.05, 4.69) is 20.9 Å². The standard InChI is InChI=1S/C25H38N6O4S/c1-7-31-20(13-16(14-26)21(33)30-25(5,6)15-32)36-17(22(31)34)11-12-27-18-9-8-10-19(28-18)29-23(35)24(2,3)4/h8-10,16-17,20,32H,7,11-13,15H2,1-6H3,(H,30,33)(H2,27,28,29,35). The van der Waals surface area contributed by atoms with Crippen LogP contribution in [0.5, 0.6) is 0 Å². The van der Waals surface area contributed by atoms with Gasteiger partial charge in [-0.25, -0.2) is 4.98 Å². The van der Waals surface area contributed by atoms with Crippen LogP contribution in [0.3, 0.4) is 0 Å².